The molecule has 1 N–H and O–H groups in total. The van der Waals surface area contributed by atoms with Gasteiger partial charge in [0.05, 0.1) is 18.7 Å². The van der Waals surface area contributed by atoms with Crippen molar-refractivity contribution >= 4 is 34.2 Å². The highest BCUT2D eigenvalue weighted by atomic mass is 32.1. The minimum Gasteiger partial charge on any atom is -0.497 e. The number of thiophene rings is 1. The van der Waals surface area contributed by atoms with E-state index in [1.54, 1.807) is 18.4 Å². The smallest absolute Gasteiger partial charge is 0.258 e. The lowest BCUT2D eigenvalue weighted by Gasteiger charge is -2.37. The van der Waals surface area contributed by atoms with Gasteiger partial charge in [0, 0.05) is 22.7 Å². The second-order valence-electron chi connectivity index (χ2n) is 7.92. The molecule has 34 heavy (non-hydrogen) atoms. The number of aromatic nitrogens is 2. The molecule has 172 valence electrons. The maximum atomic E-state index is 5.81. The Hall–Kier alpha value is -3.49. The molecule has 3 heterocycles. The van der Waals surface area contributed by atoms with E-state index in [0.717, 1.165) is 41.1 Å². The molecule has 1 atom stereocenters. The molecule has 2 aromatic carbocycles. The molecule has 0 bridgehead atoms. The molecule has 1 aliphatic heterocycles. The van der Waals surface area contributed by atoms with Crippen molar-refractivity contribution in [3.05, 3.63) is 94.1 Å². The van der Waals surface area contributed by atoms with Crippen molar-refractivity contribution in [3.63, 3.8) is 0 Å². The summed E-state index contributed by atoms with van der Waals surface area (Å²) in [5.41, 5.74) is 3.89. The Balaban J connectivity index is 1.53. The van der Waals surface area contributed by atoms with E-state index in [-0.39, 0.29) is 6.04 Å². The minimum atomic E-state index is -0.184. The van der Waals surface area contributed by atoms with Gasteiger partial charge in [0.25, 0.3) is 5.89 Å². The van der Waals surface area contributed by atoms with E-state index in [2.05, 4.69) is 51.9 Å². The van der Waals surface area contributed by atoms with Crippen LogP contribution in [0.5, 0.6) is 5.75 Å². The van der Waals surface area contributed by atoms with Crippen LogP contribution in [-0.2, 0) is 6.42 Å². The molecule has 1 unspecified atom stereocenters. The molecule has 0 radical (unpaired) electrons. The van der Waals surface area contributed by atoms with E-state index in [9.17, 15) is 0 Å². The fourth-order valence-electron chi connectivity index (χ4n) is 4.09. The van der Waals surface area contributed by atoms with E-state index in [4.69, 9.17) is 26.5 Å². The van der Waals surface area contributed by atoms with Crippen LogP contribution in [0.1, 0.15) is 29.3 Å². The first-order valence-electron chi connectivity index (χ1n) is 11.0. The van der Waals surface area contributed by atoms with E-state index in [1.165, 1.54) is 4.88 Å². The Morgan fingerprint density at radius 2 is 1.88 bits per heavy atom. The van der Waals surface area contributed by atoms with Crippen LogP contribution < -0.4 is 10.1 Å². The molecule has 4 aromatic rings. The Morgan fingerprint density at radius 3 is 2.59 bits per heavy atom. The van der Waals surface area contributed by atoms with Crippen LogP contribution in [-0.4, -0.2) is 33.8 Å². The fraction of sp³-hybridized carbons (Fsp3) is 0.192. The lowest BCUT2D eigenvalue weighted by molar-refractivity contribution is 0.397. The number of methoxy groups -OCH3 is 1. The summed E-state index contributed by atoms with van der Waals surface area (Å²) in [6.07, 6.45) is 0.904. The van der Waals surface area contributed by atoms with Crippen molar-refractivity contribution in [1.29, 1.82) is 0 Å². The monoisotopic (exact) mass is 488 g/mol. The second-order valence-corrected chi connectivity index (χ2v) is 9.34. The standard InChI is InChI=1S/C26H24N4O2S2/c1-17-22(25-28-24(29-32-25)19-10-12-20(31-2)13-11-19)23(18-7-4-3-5-8-18)27-26(33)30(17)15-14-21-9-6-16-34-21/h3-13,16,23H,14-15H2,1-2H3,(H,27,33). The van der Waals surface area contributed by atoms with Crippen molar-refractivity contribution in [2.24, 2.45) is 0 Å². The highest BCUT2D eigenvalue weighted by molar-refractivity contribution is 7.80. The van der Waals surface area contributed by atoms with Crippen LogP contribution in [0.2, 0.25) is 0 Å². The van der Waals surface area contributed by atoms with Crippen molar-refractivity contribution in [1.82, 2.24) is 20.4 Å². The van der Waals surface area contributed by atoms with Crippen LogP contribution in [0.3, 0.4) is 0 Å². The maximum Gasteiger partial charge on any atom is 0.258 e. The number of nitrogens with one attached hydrogen (secondary N) is 1. The van der Waals surface area contributed by atoms with Crippen molar-refractivity contribution < 1.29 is 9.26 Å². The first kappa shape index (κ1) is 22.3. The lowest BCUT2D eigenvalue weighted by Crippen LogP contribution is -2.46. The molecule has 0 amide bonds. The fourth-order valence-corrected chi connectivity index (χ4v) is 5.13. The van der Waals surface area contributed by atoms with Gasteiger partial charge in [-0.15, -0.1) is 11.3 Å². The molecular formula is C26H24N4O2S2. The van der Waals surface area contributed by atoms with Crippen molar-refractivity contribution in [2.45, 2.75) is 19.4 Å². The molecule has 8 heteroatoms. The zero-order chi connectivity index (χ0) is 23.5. The Morgan fingerprint density at radius 1 is 1.09 bits per heavy atom. The molecule has 6 nitrogen and oxygen atoms in total. The van der Waals surface area contributed by atoms with Crippen LogP contribution >= 0.6 is 23.6 Å². The topological polar surface area (TPSA) is 63.4 Å². The third kappa shape index (κ3) is 4.47. The Bertz CT molecular complexity index is 1300. The van der Waals surface area contributed by atoms with Gasteiger partial charge in [-0.25, -0.2) is 0 Å². The molecule has 0 fully saturated rings. The third-order valence-corrected chi connectivity index (χ3v) is 7.17. The summed E-state index contributed by atoms with van der Waals surface area (Å²) < 4.78 is 11.1. The van der Waals surface area contributed by atoms with Gasteiger partial charge >= 0.3 is 0 Å². The normalized spacial score (nSPS) is 16.0. The predicted molar refractivity (Wildman–Crippen MR) is 139 cm³/mol. The SMILES string of the molecule is COc1ccc(-c2noc(C3=C(C)N(CCc4cccs4)C(=S)NC3c3ccccc3)n2)cc1. The number of hydrogen-bond acceptors (Lipinski definition) is 6. The van der Waals surface area contributed by atoms with E-state index in [0.29, 0.717) is 16.8 Å². The number of rotatable bonds is 7. The average Bonchev–Trinajstić information content (AvgIpc) is 3.57. The quantitative estimate of drug-likeness (QED) is 0.334. The molecule has 0 spiro atoms. The first-order valence-corrected chi connectivity index (χ1v) is 12.3. The summed E-state index contributed by atoms with van der Waals surface area (Å²) >= 11 is 7.55. The average molecular weight is 489 g/mol. The molecule has 1 aliphatic rings. The number of thiocarbonyl (C=S) groups is 1. The van der Waals surface area contributed by atoms with Gasteiger partial charge in [-0.05, 0) is 66.8 Å². The van der Waals surface area contributed by atoms with Gasteiger partial charge in [-0.3, -0.25) is 0 Å². The Labute approximate surface area is 207 Å². The summed E-state index contributed by atoms with van der Waals surface area (Å²) in [5, 5.41) is 10.6. The summed E-state index contributed by atoms with van der Waals surface area (Å²) in [6.45, 7) is 2.84. The number of nitrogens with zero attached hydrogens (tertiary/aromatic N) is 3. The molecule has 0 aliphatic carbocycles. The van der Waals surface area contributed by atoms with Gasteiger partial charge in [0.2, 0.25) is 5.82 Å². The summed E-state index contributed by atoms with van der Waals surface area (Å²) in [6, 6.07) is 21.9. The number of benzene rings is 2. The van der Waals surface area contributed by atoms with Gasteiger partial charge in [0.15, 0.2) is 5.11 Å². The van der Waals surface area contributed by atoms with E-state index < -0.39 is 0 Å². The van der Waals surface area contributed by atoms with Crippen molar-refractivity contribution in [3.8, 4) is 17.1 Å². The summed E-state index contributed by atoms with van der Waals surface area (Å²) in [5.74, 6) is 1.79. The molecule has 5 rings (SSSR count). The molecular weight excluding hydrogens is 464 g/mol. The van der Waals surface area contributed by atoms with Crippen LogP contribution in [0.15, 0.2) is 82.3 Å². The van der Waals surface area contributed by atoms with Crippen LogP contribution in [0.4, 0.5) is 0 Å². The highest BCUT2D eigenvalue weighted by Gasteiger charge is 2.33. The van der Waals surface area contributed by atoms with Crippen LogP contribution in [0, 0.1) is 0 Å². The van der Waals surface area contributed by atoms with Crippen molar-refractivity contribution in [2.75, 3.05) is 13.7 Å². The number of ether oxygens (including phenoxy) is 1. The maximum absolute atomic E-state index is 5.81. The van der Waals surface area contributed by atoms with Gasteiger partial charge in [0.1, 0.15) is 5.75 Å². The van der Waals surface area contributed by atoms with Gasteiger partial charge in [-0.2, -0.15) is 4.98 Å². The van der Waals surface area contributed by atoms with Crippen LogP contribution in [0.25, 0.3) is 17.0 Å². The molecule has 0 saturated heterocycles. The summed E-state index contributed by atoms with van der Waals surface area (Å²) in [7, 11) is 1.64. The lowest BCUT2D eigenvalue weighted by atomic mass is 9.95. The number of hydrogen-bond donors (Lipinski definition) is 1. The van der Waals surface area contributed by atoms with E-state index in [1.807, 2.05) is 42.5 Å². The predicted octanol–water partition coefficient (Wildman–Crippen LogP) is 5.71. The second kappa shape index (κ2) is 9.79. The van der Waals surface area contributed by atoms with Gasteiger partial charge in [-0.1, -0.05) is 41.6 Å². The largest absolute Gasteiger partial charge is 0.497 e. The molecule has 0 saturated carbocycles. The Kier molecular flexibility index (Phi) is 6.42. The first-order chi connectivity index (χ1) is 16.6. The zero-order valence-electron chi connectivity index (χ0n) is 18.9. The molecule has 2 aromatic heterocycles. The van der Waals surface area contributed by atoms with E-state index >= 15 is 0 Å². The van der Waals surface area contributed by atoms with Gasteiger partial charge < -0.3 is 19.5 Å². The highest BCUT2D eigenvalue weighted by Crippen LogP contribution is 2.37. The minimum absolute atomic E-state index is 0.184. The third-order valence-electron chi connectivity index (χ3n) is 5.90. The number of allylic oxidation sites excluding steroid dienone is 1. The zero-order valence-corrected chi connectivity index (χ0v) is 20.5. The summed E-state index contributed by atoms with van der Waals surface area (Å²) in [4.78, 5) is 8.22.